The minimum Gasteiger partial charge on any atom is -0.381 e. The second kappa shape index (κ2) is 6.91. The molecule has 1 heterocycles. The molecular weight excluding hydrogens is 222 g/mol. The summed E-state index contributed by atoms with van der Waals surface area (Å²) >= 11 is 0. The fourth-order valence-electron chi connectivity index (χ4n) is 2.60. The quantitative estimate of drug-likeness (QED) is 0.863. The van der Waals surface area contributed by atoms with Crippen LogP contribution in [-0.4, -0.2) is 25.3 Å². The van der Waals surface area contributed by atoms with Crippen LogP contribution in [0, 0.1) is 6.92 Å². The third-order valence-corrected chi connectivity index (χ3v) is 3.69. The van der Waals surface area contributed by atoms with Gasteiger partial charge in [0, 0.05) is 25.3 Å². The molecule has 1 atom stereocenters. The Kier molecular flexibility index (Phi) is 5.21. The van der Waals surface area contributed by atoms with E-state index in [0.29, 0.717) is 12.1 Å². The number of aryl methyl sites for hydroxylation is 2. The fourth-order valence-corrected chi connectivity index (χ4v) is 2.60. The van der Waals surface area contributed by atoms with Gasteiger partial charge in [0.1, 0.15) is 0 Å². The maximum absolute atomic E-state index is 5.38. The Bertz CT molecular complexity index is 358. The molecule has 0 aromatic heterocycles. The first-order chi connectivity index (χ1) is 8.74. The monoisotopic (exact) mass is 247 g/mol. The molecule has 1 N–H and O–H groups in total. The van der Waals surface area contributed by atoms with Crippen molar-refractivity contribution in [1.29, 1.82) is 0 Å². The van der Waals surface area contributed by atoms with E-state index in [2.05, 4.69) is 43.4 Å². The molecule has 0 bridgehead atoms. The van der Waals surface area contributed by atoms with Gasteiger partial charge in [-0.25, -0.2) is 0 Å². The number of hydrogen-bond donors (Lipinski definition) is 1. The number of ether oxygens (including phenoxy) is 1. The molecule has 0 spiro atoms. The summed E-state index contributed by atoms with van der Waals surface area (Å²) in [5, 5.41) is 3.72. The molecule has 2 nitrogen and oxygen atoms in total. The van der Waals surface area contributed by atoms with Crippen molar-refractivity contribution in [2.75, 3.05) is 13.2 Å². The molecule has 0 aliphatic carbocycles. The zero-order valence-electron chi connectivity index (χ0n) is 11.6. The lowest BCUT2D eigenvalue weighted by atomic mass is 10.0. The average molecular weight is 247 g/mol. The van der Waals surface area contributed by atoms with Gasteiger partial charge in [0.15, 0.2) is 0 Å². The Morgan fingerprint density at radius 3 is 2.83 bits per heavy atom. The number of benzene rings is 1. The van der Waals surface area contributed by atoms with E-state index < -0.39 is 0 Å². The van der Waals surface area contributed by atoms with Crippen molar-refractivity contribution in [3.63, 3.8) is 0 Å². The molecule has 1 aromatic rings. The molecule has 18 heavy (non-hydrogen) atoms. The van der Waals surface area contributed by atoms with Gasteiger partial charge >= 0.3 is 0 Å². The second-order valence-electron chi connectivity index (χ2n) is 5.48. The molecule has 1 unspecified atom stereocenters. The summed E-state index contributed by atoms with van der Waals surface area (Å²) < 4.78 is 5.38. The van der Waals surface area contributed by atoms with Gasteiger partial charge in [-0.05, 0) is 45.1 Å². The highest BCUT2D eigenvalue weighted by molar-refractivity contribution is 5.22. The molecule has 100 valence electrons. The van der Waals surface area contributed by atoms with Crippen LogP contribution in [0.4, 0.5) is 0 Å². The van der Waals surface area contributed by atoms with Crippen LogP contribution >= 0.6 is 0 Å². The molecule has 1 aromatic carbocycles. The maximum atomic E-state index is 5.38. The molecule has 2 heteroatoms. The fraction of sp³-hybridized carbons (Fsp3) is 0.625. The molecule has 0 radical (unpaired) electrons. The largest absolute Gasteiger partial charge is 0.381 e. The number of hydrogen-bond acceptors (Lipinski definition) is 2. The minimum atomic E-state index is 0.591. The molecule has 1 aliphatic rings. The van der Waals surface area contributed by atoms with E-state index in [-0.39, 0.29) is 0 Å². The van der Waals surface area contributed by atoms with Gasteiger partial charge in [-0.3, -0.25) is 0 Å². The summed E-state index contributed by atoms with van der Waals surface area (Å²) in [6.07, 6.45) is 4.70. The van der Waals surface area contributed by atoms with E-state index in [1.54, 1.807) is 0 Å². The number of rotatable bonds is 5. The van der Waals surface area contributed by atoms with Crippen LogP contribution in [0.1, 0.15) is 37.3 Å². The van der Waals surface area contributed by atoms with Crippen molar-refractivity contribution in [3.8, 4) is 0 Å². The zero-order chi connectivity index (χ0) is 12.8. The lowest BCUT2D eigenvalue weighted by molar-refractivity contribution is 0.0752. The lowest BCUT2D eigenvalue weighted by Crippen LogP contribution is -2.40. The highest BCUT2D eigenvalue weighted by Crippen LogP contribution is 2.11. The maximum Gasteiger partial charge on any atom is 0.0480 e. The van der Waals surface area contributed by atoms with E-state index >= 15 is 0 Å². The van der Waals surface area contributed by atoms with Gasteiger partial charge in [-0.15, -0.1) is 0 Å². The molecular formula is C16H25NO. The SMILES string of the molecule is Cc1cccc(CCC(C)NC2CCOCC2)c1. The predicted molar refractivity (Wildman–Crippen MR) is 75.9 cm³/mol. The second-order valence-corrected chi connectivity index (χ2v) is 5.48. The standard InChI is InChI=1S/C16H25NO/c1-13-4-3-5-15(12-13)7-6-14(2)17-16-8-10-18-11-9-16/h3-5,12,14,16-17H,6-11H2,1-2H3. The smallest absolute Gasteiger partial charge is 0.0480 e. The van der Waals surface area contributed by atoms with Gasteiger partial charge < -0.3 is 10.1 Å². The third-order valence-electron chi connectivity index (χ3n) is 3.69. The van der Waals surface area contributed by atoms with E-state index in [1.165, 1.54) is 24.0 Å². The molecule has 0 amide bonds. The lowest BCUT2D eigenvalue weighted by Gasteiger charge is -2.26. The van der Waals surface area contributed by atoms with Crippen LogP contribution in [0.5, 0.6) is 0 Å². The molecule has 1 aliphatic heterocycles. The molecule has 1 fully saturated rings. The van der Waals surface area contributed by atoms with Gasteiger partial charge in [-0.2, -0.15) is 0 Å². The van der Waals surface area contributed by atoms with Gasteiger partial charge in [0.25, 0.3) is 0 Å². The first-order valence-corrected chi connectivity index (χ1v) is 7.13. The molecule has 0 saturated carbocycles. The Morgan fingerprint density at radius 1 is 1.33 bits per heavy atom. The highest BCUT2D eigenvalue weighted by Gasteiger charge is 2.15. The van der Waals surface area contributed by atoms with Crippen molar-refractivity contribution in [2.45, 2.75) is 51.6 Å². The van der Waals surface area contributed by atoms with Gasteiger partial charge in [0.2, 0.25) is 0 Å². The summed E-state index contributed by atoms with van der Waals surface area (Å²) in [6.45, 7) is 6.29. The van der Waals surface area contributed by atoms with Crippen molar-refractivity contribution < 1.29 is 4.74 Å². The van der Waals surface area contributed by atoms with Crippen LogP contribution in [-0.2, 0) is 11.2 Å². The van der Waals surface area contributed by atoms with E-state index in [1.807, 2.05) is 0 Å². The summed E-state index contributed by atoms with van der Waals surface area (Å²) in [7, 11) is 0. The minimum absolute atomic E-state index is 0.591. The topological polar surface area (TPSA) is 21.3 Å². The summed E-state index contributed by atoms with van der Waals surface area (Å²) in [6, 6.07) is 10.1. The van der Waals surface area contributed by atoms with Crippen molar-refractivity contribution in [1.82, 2.24) is 5.32 Å². The van der Waals surface area contributed by atoms with E-state index in [4.69, 9.17) is 4.74 Å². The highest BCUT2D eigenvalue weighted by atomic mass is 16.5. The first-order valence-electron chi connectivity index (χ1n) is 7.13. The van der Waals surface area contributed by atoms with Crippen LogP contribution in [0.2, 0.25) is 0 Å². The predicted octanol–water partition coefficient (Wildman–Crippen LogP) is 3.08. The summed E-state index contributed by atoms with van der Waals surface area (Å²) in [5.41, 5.74) is 2.81. The average Bonchev–Trinajstić information content (AvgIpc) is 2.38. The Morgan fingerprint density at radius 2 is 2.11 bits per heavy atom. The Labute approximate surface area is 111 Å². The Hall–Kier alpha value is -0.860. The summed E-state index contributed by atoms with van der Waals surface area (Å²) in [5.74, 6) is 0. The van der Waals surface area contributed by atoms with E-state index in [0.717, 1.165) is 26.1 Å². The van der Waals surface area contributed by atoms with E-state index in [9.17, 15) is 0 Å². The van der Waals surface area contributed by atoms with Crippen molar-refractivity contribution in [3.05, 3.63) is 35.4 Å². The van der Waals surface area contributed by atoms with Crippen molar-refractivity contribution >= 4 is 0 Å². The normalized spacial score (nSPS) is 18.8. The van der Waals surface area contributed by atoms with Crippen LogP contribution < -0.4 is 5.32 Å². The van der Waals surface area contributed by atoms with Crippen LogP contribution in [0.15, 0.2) is 24.3 Å². The van der Waals surface area contributed by atoms with Crippen molar-refractivity contribution in [2.24, 2.45) is 0 Å². The first kappa shape index (κ1) is 13.6. The number of nitrogens with one attached hydrogen (secondary N) is 1. The Balaban J connectivity index is 1.72. The van der Waals surface area contributed by atoms with Gasteiger partial charge in [0.05, 0.1) is 0 Å². The van der Waals surface area contributed by atoms with Crippen LogP contribution in [0.3, 0.4) is 0 Å². The molecule has 1 saturated heterocycles. The molecule has 2 rings (SSSR count). The third kappa shape index (κ3) is 4.43. The zero-order valence-corrected chi connectivity index (χ0v) is 11.6. The van der Waals surface area contributed by atoms with Gasteiger partial charge in [-0.1, -0.05) is 29.8 Å². The van der Waals surface area contributed by atoms with Crippen LogP contribution in [0.25, 0.3) is 0 Å². The summed E-state index contributed by atoms with van der Waals surface area (Å²) in [4.78, 5) is 0.